The maximum atomic E-state index is 15.5. The van der Waals surface area contributed by atoms with E-state index in [1.54, 1.807) is 30.3 Å². The van der Waals surface area contributed by atoms with Gasteiger partial charge in [0.25, 0.3) is 5.91 Å². The second-order valence-electron chi connectivity index (χ2n) is 11.6. The first-order chi connectivity index (χ1) is 21.3. The number of carbonyl (C=O) groups is 2. The topological polar surface area (TPSA) is 91.8 Å². The number of hydrogen-bond donors (Lipinski definition) is 1. The molecule has 1 amide bonds. The molecule has 0 spiro atoms. The molecule has 4 aliphatic rings. The number of fused-ring (bicyclic) bond motifs is 2. The fourth-order valence-corrected chi connectivity index (χ4v) is 7.26. The van der Waals surface area contributed by atoms with Crippen molar-refractivity contribution in [1.82, 2.24) is 4.90 Å². The molecule has 12 heteroatoms. The molecule has 0 bridgehead atoms. The van der Waals surface area contributed by atoms with Gasteiger partial charge in [0.05, 0.1) is 59.8 Å². The molecule has 0 radical (unpaired) electrons. The summed E-state index contributed by atoms with van der Waals surface area (Å²) in [6, 6.07) is 11.5. The van der Waals surface area contributed by atoms with Crippen LogP contribution in [0.5, 0.6) is 5.75 Å². The number of halogens is 3. The van der Waals surface area contributed by atoms with E-state index in [-0.39, 0.29) is 45.9 Å². The molecule has 3 fully saturated rings. The zero-order chi connectivity index (χ0) is 30.5. The first kappa shape index (κ1) is 29.2. The lowest BCUT2D eigenvalue weighted by molar-refractivity contribution is 0.0516. The lowest BCUT2D eigenvalue weighted by Crippen LogP contribution is -2.38. The number of morpholine rings is 1. The highest BCUT2D eigenvalue weighted by Crippen LogP contribution is 2.42. The Kier molecular flexibility index (Phi) is 7.78. The average molecular weight is 643 g/mol. The van der Waals surface area contributed by atoms with E-state index in [2.05, 4.69) is 4.90 Å². The Morgan fingerprint density at radius 2 is 1.61 bits per heavy atom. The fourth-order valence-electron chi connectivity index (χ4n) is 6.62. The van der Waals surface area contributed by atoms with E-state index in [1.807, 2.05) is 11.0 Å². The number of amides is 1. The van der Waals surface area contributed by atoms with Crippen LogP contribution in [-0.4, -0.2) is 81.2 Å². The molecule has 1 N–H and O–H groups in total. The molecule has 0 saturated carbocycles. The Balaban J connectivity index is 1.15. The molecule has 4 heterocycles. The molecule has 3 aromatic carbocycles. The van der Waals surface area contributed by atoms with Gasteiger partial charge in [-0.05, 0) is 24.3 Å². The van der Waals surface area contributed by atoms with Gasteiger partial charge in [-0.15, -0.1) is 0 Å². The summed E-state index contributed by atoms with van der Waals surface area (Å²) in [6.45, 7) is 5.20. The third-order valence-corrected chi connectivity index (χ3v) is 9.51. The highest BCUT2D eigenvalue weighted by molar-refractivity contribution is 6.40. The maximum Gasteiger partial charge on any atom is 0.337 e. The van der Waals surface area contributed by atoms with E-state index in [4.69, 9.17) is 37.4 Å². The van der Waals surface area contributed by atoms with Gasteiger partial charge in [-0.25, -0.2) is 9.18 Å². The van der Waals surface area contributed by atoms with Crippen molar-refractivity contribution in [3.05, 3.63) is 75.0 Å². The van der Waals surface area contributed by atoms with Gasteiger partial charge in [0.2, 0.25) is 0 Å². The Morgan fingerprint density at radius 3 is 2.30 bits per heavy atom. The van der Waals surface area contributed by atoms with Crippen LogP contribution in [0, 0.1) is 17.7 Å². The summed E-state index contributed by atoms with van der Waals surface area (Å²) in [6.07, 6.45) is 0. The lowest BCUT2D eigenvalue weighted by Gasteiger charge is -2.32. The van der Waals surface area contributed by atoms with E-state index in [1.165, 1.54) is 4.90 Å². The minimum atomic E-state index is -1.21. The van der Waals surface area contributed by atoms with Crippen molar-refractivity contribution in [1.29, 1.82) is 0 Å². The van der Waals surface area contributed by atoms with Crippen LogP contribution < -0.4 is 14.5 Å². The van der Waals surface area contributed by atoms with Crippen LogP contribution in [0.1, 0.15) is 26.3 Å². The van der Waals surface area contributed by atoms with E-state index < -0.39 is 11.8 Å². The third-order valence-electron chi connectivity index (χ3n) is 8.91. The van der Waals surface area contributed by atoms with Gasteiger partial charge in [0.15, 0.2) is 6.73 Å². The summed E-state index contributed by atoms with van der Waals surface area (Å²) in [5.41, 5.74) is 2.74. The van der Waals surface area contributed by atoms with Gasteiger partial charge in [0, 0.05) is 60.4 Å². The van der Waals surface area contributed by atoms with Gasteiger partial charge in [-0.1, -0.05) is 41.4 Å². The molecule has 44 heavy (non-hydrogen) atoms. The lowest BCUT2D eigenvalue weighted by atomic mass is 9.97. The van der Waals surface area contributed by atoms with Crippen molar-refractivity contribution in [3.63, 3.8) is 0 Å². The molecular weight excluding hydrogens is 612 g/mol. The molecule has 4 aliphatic heterocycles. The number of carboxylic acid groups (broad SMARTS) is 1. The number of ether oxygens (including phenoxy) is 3. The zero-order valence-corrected chi connectivity index (χ0v) is 25.2. The minimum absolute atomic E-state index is 0.0993. The molecule has 7 rings (SSSR count). The van der Waals surface area contributed by atoms with E-state index in [9.17, 15) is 14.7 Å². The number of hydrogen-bond acceptors (Lipinski definition) is 7. The van der Waals surface area contributed by atoms with Crippen LogP contribution in [0.4, 0.5) is 15.8 Å². The van der Waals surface area contributed by atoms with E-state index in [0.29, 0.717) is 60.7 Å². The molecule has 9 nitrogen and oxygen atoms in total. The highest BCUT2D eigenvalue weighted by atomic mass is 35.5. The van der Waals surface area contributed by atoms with Gasteiger partial charge in [-0.2, -0.15) is 0 Å². The van der Waals surface area contributed by atoms with Crippen LogP contribution in [0.3, 0.4) is 0 Å². The van der Waals surface area contributed by atoms with Crippen LogP contribution in [0.25, 0.3) is 11.1 Å². The largest absolute Gasteiger partial charge is 0.478 e. The number of rotatable bonds is 5. The minimum Gasteiger partial charge on any atom is -0.478 e. The fraction of sp³-hybridized carbons (Fsp3) is 0.375. The SMILES string of the molecule is O=C(O)c1cc(F)c(-c2cccc3c2OCN(C(=O)c2c(Cl)cc(N4CC5COCC5C4)cc2Cl)C3)cc1N1CCOCC1. The number of anilines is 2. The molecule has 230 valence electrons. The Bertz CT molecular complexity index is 1610. The predicted molar refractivity (Wildman–Crippen MR) is 164 cm³/mol. The van der Waals surface area contributed by atoms with E-state index >= 15 is 4.39 Å². The Hall–Kier alpha value is -3.57. The van der Waals surface area contributed by atoms with Crippen molar-refractivity contribution in [2.24, 2.45) is 11.8 Å². The molecular formula is C32H30Cl2FN3O6. The van der Waals surface area contributed by atoms with Crippen molar-refractivity contribution < 1.29 is 33.3 Å². The van der Waals surface area contributed by atoms with Gasteiger partial charge in [0.1, 0.15) is 11.6 Å². The summed E-state index contributed by atoms with van der Waals surface area (Å²) in [7, 11) is 0. The van der Waals surface area contributed by atoms with E-state index in [0.717, 1.165) is 38.1 Å². The summed E-state index contributed by atoms with van der Waals surface area (Å²) in [5.74, 6) is -0.857. The monoisotopic (exact) mass is 641 g/mol. The second kappa shape index (κ2) is 11.7. The first-order valence-electron chi connectivity index (χ1n) is 14.5. The standard InChI is InChI=1S/C32H30Cl2FN3O6/c33-25-8-21(37-13-19-15-43-16-20(19)14-37)9-26(34)29(25)31(39)38-12-18-2-1-3-22(30(18)44-17-38)23-11-28(36-4-6-42-7-5-36)24(32(40)41)10-27(23)35/h1-3,8-11,19-20H,4-7,12-17H2,(H,40,41). The zero-order valence-electron chi connectivity index (χ0n) is 23.7. The number of carboxylic acids is 1. The third kappa shape index (κ3) is 5.23. The Morgan fingerprint density at radius 1 is 0.909 bits per heavy atom. The number of nitrogens with zero attached hydrogens (tertiary/aromatic N) is 3. The highest BCUT2D eigenvalue weighted by Gasteiger charge is 2.38. The summed E-state index contributed by atoms with van der Waals surface area (Å²) < 4.78 is 32.6. The van der Waals surface area contributed by atoms with Crippen LogP contribution in [-0.2, 0) is 16.0 Å². The van der Waals surface area contributed by atoms with Crippen molar-refractivity contribution in [2.45, 2.75) is 6.54 Å². The van der Waals surface area contributed by atoms with Gasteiger partial charge < -0.3 is 34.0 Å². The quantitative estimate of drug-likeness (QED) is 0.396. The van der Waals surface area contributed by atoms with Crippen LogP contribution >= 0.6 is 23.2 Å². The maximum absolute atomic E-state index is 15.5. The summed E-state index contributed by atoms with van der Waals surface area (Å²) >= 11 is 13.3. The van der Waals surface area contributed by atoms with Crippen LogP contribution in [0.15, 0.2) is 42.5 Å². The average Bonchev–Trinajstić information content (AvgIpc) is 3.63. The smallest absolute Gasteiger partial charge is 0.337 e. The molecule has 2 unspecified atom stereocenters. The number of aromatic carboxylic acids is 1. The van der Waals surface area contributed by atoms with Crippen molar-refractivity contribution in [3.8, 4) is 16.9 Å². The predicted octanol–water partition coefficient (Wildman–Crippen LogP) is 5.41. The summed E-state index contributed by atoms with van der Waals surface area (Å²) in [5, 5.41) is 10.3. The summed E-state index contributed by atoms with van der Waals surface area (Å²) in [4.78, 5) is 31.3. The number of para-hydroxylation sites is 1. The van der Waals surface area contributed by atoms with Gasteiger partial charge >= 0.3 is 5.97 Å². The van der Waals surface area contributed by atoms with Crippen LogP contribution in [0.2, 0.25) is 10.0 Å². The number of benzene rings is 3. The van der Waals surface area contributed by atoms with Crippen molar-refractivity contribution in [2.75, 3.05) is 69.1 Å². The molecule has 2 atom stereocenters. The number of carbonyl (C=O) groups excluding carboxylic acids is 1. The molecule has 3 saturated heterocycles. The first-order valence-corrected chi connectivity index (χ1v) is 15.3. The second-order valence-corrected chi connectivity index (χ2v) is 12.4. The molecule has 0 aliphatic carbocycles. The molecule has 0 aromatic heterocycles. The normalized spacial score (nSPS) is 21.2. The molecule has 3 aromatic rings. The Labute approximate surface area is 263 Å². The van der Waals surface area contributed by atoms with Crippen molar-refractivity contribution >= 4 is 46.5 Å². The van der Waals surface area contributed by atoms with Gasteiger partial charge in [-0.3, -0.25) is 4.79 Å².